The molecule has 2 aromatic rings. The number of hydrogen-bond acceptors (Lipinski definition) is 2. The van der Waals surface area contributed by atoms with Crippen LogP contribution in [-0.2, 0) is 13.1 Å². The van der Waals surface area contributed by atoms with Gasteiger partial charge >= 0.3 is 6.03 Å². The van der Waals surface area contributed by atoms with Crippen LogP contribution in [0.5, 0.6) is 0 Å². The summed E-state index contributed by atoms with van der Waals surface area (Å²) >= 11 is 0. The Bertz CT molecular complexity index is 584. The van der Waals surface area contributed by atoms with Crippen LogP contribution in [-0.4, -0.2) is 32.2 Å². The summed E-state index contributed by atoms with van der Waals surface area (Å²) in [4.78, 5) is 16.9. The highest BCUT2D eigenvalue weighted by Crippen LogP contribution is 2.29. The summed E-state index contributed by atoms with van der Waals surface area (Å²) in [6.07, 6.45) is 1.87. The van der Waals surface area contributed by atoms with Crippen LogP contribution in [0.3, 0.4) is 0 Å². The van der Waals surface area contributed by atoms with Gasteiger partial charge in [0.25, 0.3) is 0 Å². The molecule has 2 aromatic heterocycles. The van der Waals surface area contributed by atoms with Crippen LogP contribution in [0.25, 0.3) is 11.4 Å². The molecule has 0 fully saturated rings. The highest BCUT2D eigenvalue weighted by Gasteiger charge is 2.28. The van der Waals surface area contributed by atoms with Crippen molar-refractivity contribution < 1.29 is 4.79 Å². The maximum absolute atomic E-state index is 12.0. The Morgan fingerprint density at radius 2 is 2.32 bits per heavy atom. The van der Waals surface area contributed by atoms with Gasteiger partial charge in [-0.25, -0.2) is 4.79 Å². The van der Waals surface area contributed by atoms with E-state index in [-0.39, 0.29) is 12.1 Å². The molecule has 0 atom stereocenters. The molecule has 19 heavy (non-hydrogen) atoms. The minimum Gasteiger partial charge on any atom is -0.360 e. The molecule has 100 valence electrons. The quantitative estimate of drug-likeness (QED) is 0.769. The largest absolute Gasteiger partial charge is 0.360 e. The molecular weight excluding hydrogens is 242 g/mol. The topological polar surface area (TPSA) is 76.8 Å². The molecule has 2 amide bonds. The number of carbonyl (C=O) groups is 1. The molecule has 0 radical (unpaired) electrons. The number of carbonyl (C=O) groups excluding carboxylic acids is 1. The van der Waals surface area contributed by atoms with E-state index in [4.69, 9.17) is 0 Å². The monoisotopic (exact) mass is 259 g/mol. The van der Waals surface area contributed by atoms with Crippen molar-refractivity contribution in [3.63, 3.8) is 0 Å². The fourth-order valence-electron chi connectivity index (χ4n) is 2.32. The highest BCUT2D eigenvalue weighted by atomic mass is 16.2. The zero-order chi connectivity index (χ0) is 13.4. The number of nitrogens with one attached hydrogen (secondary N) is 3. The van der Waals surface area contributed by atoms with Gasteiger partial charge in [0.05, 0.1) is 24.5 Å². The number of nitrogens with zero attached hydrogens (tertiary/aromatic N) is 2. The van der Waals surface area contributed by atoms with Crippen LogP contribution in [0.2, 0.25) is 0 Å². The lowest BCUT2D eigenvalue weighted by Crippen LogP contribution is -2.40. The highest BCUT2D eigenvalue weighted by molar-refractivity contribution is 5.76. The minimum absolute atomic E-state index is 0.0305. The van der Waals surface area contributed by atoms with E-state index in [2.05, 4.69) is 20.5 Å². The van der Waals surface area contributed by atoms with Gasteiger partial charge in [-0.15, -0.1) is 0 Å². The first-order chi connectivity index (χ1) is 9.15. The average molecular weight is 259 g/mol. The summed E-state index contributed by atoms with van der Waals surface area (Å²) < 4.78 is 0. The van der Waals surface area contributed by atoms with Gasteiger partial charge in [0, 0.05) is 17.8 Å². The Kier molecular flexibility index (Phi) is 2.77. The lowest BCUT2D eigenvalue weighted by Gasteiger charge is -2.18. The molecule has 3 N–H and O–H groups in total. The fourth-order valence-corrected chi connectivity index (χ4v) is 2.32. The zero-order valence-electron chi connectivity index (χ0n) is 11.0. The molecule has 0 saturated carbocycles. The number of hydrogen-bond donors (Lipinski definition) is 3. The Balaban J connectivity index is 1.80. The number of aromatic amines is 2. The predicted molar refractivity (Wildman–Crippen MR) is 71.3 cm³/mol. The number of H-pyrrole nitrogens is 2. The number of urea groups is 1. The molecule has 6 nitrogen and oxygen atoms in total. The molecule has 0 aromatic carbocycles. The first-order valence-electron chi connectivity index (χ1n) is 6.40. The molecule has 0 unspecified atom stereocenters. The van der Waals surface area contributed by atoms with Crippen molar-refractivity contribution in [2.45, 2.75) is 33.0 Å². The van der Waals surface area contributed by atoms with Gasteiger partial charge in [-0.1, -0.05) is 0 Å². The van der Waals surface area contributed by atoms with Crippen molar-refractivity contribution >= 4 is 6.03 Å². The maximum atomic E-state index is 12.0. The molecule has 6 heteroatoms. The molecule has 1 aliphatic heterocycles. The summed E-state index contributed by atoms with van der Waals surface area (Å²) in [5, 5.41) is 10.2. The number of fused-ring (bicyclic) bond motifs is 1. The van der Waals surface area contributed by atoms with Crippen LogP contribution in [0.1, 0.15) is 25.1 Å². The third-order valence-corrected chi connectivity index (χ3v) is 3.20. The van der Waals surface area contributed by atoms with Crippen LogP contribution in [0.15, 0.2) is 18.3 Å². The van der Waals surface area contributed by atoms with E-state index in [0.29, 0.717) is 13.1 Å². The van der Waals surface area contributed by atoms with Crippen molar-refractivity contribution in [1.29, 1.82) is 0 Å². The van der Waals surface area contributed by atoms with Gasteiger partial charge in [0.2, 0.25) is 0 Å². The normalized spacial score (nSPS) is 13.9. The van der Waals surface area contributed by atoms with E-state index in [1.54, 1.807) is 4.90 Å². The van der Waals surface area contributed by atoms with E-state index < -0.39 is 0 Å². The molecule has 0 spiro atoms. The summed E-state index contributed by atoms with van der Waals surface area (Å²) in [5.74, 6) is 0. The smallest absolute Gasteiger partial charge is 0.318 e. The molecule has 0 aliphatic carbocycles. The Morgan fingerprint density at radius 3 is 3.00 bits per heavy atom. The zero-order valence-corrected chi connectivity index (χ0v) is 11.0. The van der Waals surface area contributed by atoms with Crippen molar-refractivity contribution in [3.05, 3.63) is 29.6 Å². The van der Waals surface area contributed by atoms with Gasteiger partial charge in [-0.3, -0.25) is 5.10 Å². The van der Waals surface area contributed by atoms with Gasteiger partial charge in [0.15, 0.2) is 0 Å². The number of rotatable bonds is 2. The van der Waals surface area contributed by atoms with Crippen molar-refractivity contribution in [1.82, 2.24) is 25.4 Å². The molecule has 0 saturated heterocycles. The van der Waals surface area contributed by atoms with E-state index in [1.807, 2.05) is 32.2 Å². The van der Waals surface area contributed by atoms with Crippen molar-refractivity contribution in [2.24, 2.45) is 0 Å². The van der Waals surface area contributed by atoms with Crippen LogP contribution in [0, 0.1) is 0 Å². The SMILES string of the molecule is CC(C)NC(=O)N1Cc2[nH]nc(-c3ccc[nH]3)c2C1. The molecule has 1 aliphatic rings. The van der Waals surface area contributed by atoms with Crippen LogP contribution in [0.4, 0.5) is 4.79 Å². The van der Waals surface area contributed by atoms with E-state index in [9.17, 15) is 4.79 Å². The maximum Gasteiger partial charge on any atom is 0.318 e. The first-order valence-corrected chi connectivity index (χ1v) is 6.40. The third kappa shape index (κ3) is 2.09. The lowest BCUT2D eigenvalue weighted by molar-refractivity contribution is 0.195. The van der Waals surface area contributed by atoms with Crippen LogP contribution < -0.4 is 5.32 Å². The van der Waals surface area contributed by atoms with E-state index >= 15 is 0 Å². The fraction of sp³-hybridized carbons (Fsp3) is 0.385. The second-order valence-corrected chi connectivity index (χ2v) is 5.07. The molecule has 3 heterocycles. The number of amides is 2. The standard InChI is InChI=1S/C13H17N5O/c1-8(2)15-13(19)18-6-9-11(7-18)16-17-12(9)10-4-3-5-14-10/h3-5,8,14H,6-7H2,1-2H3,(H,15,19)(H,16,17). The molecule has 3 rings (SSSR count). The van der Waals surface area contributed by atoms with E-state index in [1.165, 1.54) is 0 Å². The van der Waals surface area contributed by atoms with Gasteiger partial charge < -0.3 is 15.2 Å². The van der Waals surface area contributed by atoms with Gasteiger partial charge in [-0.05, 0) is 26.0 Å². The Hall–Kier alpha value is -2.24. The third-order valence-electron chi connectivity index (χ3n) is 3.20. The summed E-state index contributed by atoms with van der Waals surface area (Å²) in [6.45, 7) is 5.10. The van der Waals surface area contributed by atoms with Gasteiger partial charge in [0.1, 0.15) is 5.69 Å². The average Bonchev–Trinajstić information content (AvgIpc) is 3.03. The van der Waals surface area contributed by atoms with Crippen molar-refractivity contribution in [3.8, 4) is 11.4 Å². The first kappa shape index (κ1) is 11.8. The molecular formula is C13H17N5O. The minimum atomic E-state index is -0.0305. The molecule has 0 bridgehead atoms. The Morgan fingerprint density at radius 1 is 1.47 bits per heavy atom. The summed E-state index contributed by atoms with van der Waals surface area (Å²) in [6, 6.07) is 4.03. The van der Waals surface area contributed by atoms with Crippen LogP contribution >= 0.6 is 0 Å². The number of aromatic nitrogens is 3. The predicted octanol–water partition coefficient (Wildman–Crippen LogP) is 1.84. The summed E-state index contributed by atoms with van der Waals surface area (Å²) in [7, 11) is 0. The van der Waals surface area contributed by atoms with Gasteiger partial charge in [-0.2, -0.15) is 5.10 Å². The van der Waals surface area contributed by atoms with E-state index in [0.717, 1.165) is 22.6 Å². The summed E-state index contributed by atoms with van der Waals surface area (Å²) in [5.41, 5.74) is 3.99. The second kappa shape index (κ2) is 4.46. The Labute approximate surface area is 111 Å². The van der Waals surface area contributed by atoms with Crippen molar-refractivity contribution in [2.75, 3.05) is 0 Å². The second-order valence-electron chi connectivity index (χ2n) is 5.07. The lowest BCUT2D eigenvalue weighted by atomic mass is 10.2.